The van der Waals surface area contributed by atoms with E-state index in [2.05, 4.69) is 13.0 Å². The van der Waals surface area contributed by atoms with E-state index in [1.807, 2.05) is 12.1 Å². The number of hydrogen-bond donors (Lipinski definition) is 1. The molecule has 0 bridgehead atoms. The van der Waals surface area contributed by atoms with Crippen molar-refractivity contribution < 1.29 is 9.47 Å². The van der Waals surface area contributed by atoms with Crippen molar-refractivity contribution in [2.45, 2.75) is 38.7 Å². The highest BCUT2D eigenvalue weighted by Crippen LogP contribution is 2.24. The molecule has 1 unspecified atom stereocenters. The normalized spacial score (nSPS) is 20.2. The fraction of sp³-hybridized carbons (Fsp3) is 0.571. The second-order valence-corrected chi connectivity index (χ2v) is 4.53. The van der Waals surface area contributed by atoms with Gasteiger partial charge in [0.25, 0.3) is 0 Å². The van der Waals surface area contributed by atoms with Crippen molar-refractivity contribution in [2.24, 2.45) is 0 Å². The fourth-order valence-electron chi connectivity index (χ4n) is 2.07. The van der Waals surface area contributed by atoms with E-state index in [1.165, 1.54) is 18.4 Å². The van der Waals surface area contributed by atoms with Gasteiger partial charge >= 0.3 is 0 Å². The average Bonchev–Trinajstić information content (AvgIpc) is 2.38. The molecule has 0 saturated carbocycles. The summed E-state index contributed by atoms with van der Waals surface area (Å²) in [5, 5.41) is 0. The van der Waals surface area contributed by atoms with E-state index < -0.39 is 0 Å². The molecule has 0 spiro atoms. The number of nitrogen functional groups attached to an aromatic ring is 1. The van der Waals surface area contributed by atoms with E-state index in [0.717, 1.165) is 30.9 Å². The summed E-state index contributed by atoms with van der Waals surface area (Å²) < 4.78 is 11.3. The minimum Gasteiger partial charge on any atom is -0.489 e. The van der Waals surface area contributed by atoms with E-state index in [4.69, 9.17) is 15.2 Å². The molecule has 0 aliphatic carbocycles. The van der Waals surface area contributed by atoms with Crippen LogP contribution in [0.4, 0.5) is 5.69 Å². The molecular formula is C14H21NO2. The molecule has 2 N–H and O–H groups in total. The molecule has 0 radical (unpaired) electrons. The average molecular weight is 235 g/mol. The Balaban J connectivity index is 1.89. The molecule has 1 atom stereocenters. The summed E-state index contributed by atoms with van der Waals surface area (Å²) >= 11 is 0. The van der Waals surface area contributed by atoms with Crippen molar-refractivity contribution in [1.29, 1.82) is 0 Å². The number of nitrogens with two attached hydrogens (primary N) is 1. The lowest BCUT2D eigenvalue weighted by Gasteiger charge is -2.23. The monoisotopic (exact) mass is 235 g/mol. The van der Waals surface area contributed by atoms with Gasteiger partial charge in [0.15, 0.2) is 0 Å². The molecule has 94 valence electrons. The van der Waals surface area contributed by atoms with Crippen LogP contribution in [0.2, 0.25) is 0 Å². The van der Waals surface area contributed by atoms with Crippen molar-refractivity contribution in [3.63, 3.8) is 0 Å². The quantitative estimate of drug-likeness (QED) is 0.816. The molecule has 3 nitrogen and oxygen atoms in total. The maximum Gasteiger partial charge on any atom is 0.142 e. The summed E-state index contributed by atoms with van der Waals surface area (Å²) in [7, 11) is 0. The number of ether oxygens (including phenoxy) is 2. The van der Waals surface area contributed by atoms with Crippen molar-refractivity contribution in [2.75, 3.05) is 18.9 Å². The summed E-state index contributed by atoms with van der Waals surface area (Å²) in [6, 6.07) is 6.00. The lowest BCUT2D eigenvalue weighted by atomic mass is 10.1. The van der Waals surface area contributed by atoms with Crippen molar-refractivity contribution in [3.8, 4) is 5.75 Å². The van der Waals surface area contributed by atoms with Crippen LogP contribution < -0.4 is 10.5 Å². The second-order valence-electron chi connectivity index (χ2n) is 4.53. The van der Waals surface area contributed by atoms with E-state index in [-0.39, 0.29) is 6.10 Å². The van der Waals surface area contributed by atoms with Gasteiger partial charge in [0.1, 0.15) is 12.4 Å². The molecule has 1 aliphatic rings. The van der Waals surface area contributed by atoms with Crippen LogP contribution in [0.3, 0.4) is 0 Å². The standard InChI is InChI=1S/C14H21NO2/c1-2-11-6-7-14(13(15)9-11)17-10-12-5-3-4-8-16-12/h6-7,9,12H,2-5,8,10,15H2,1H3. The molecule has 1 aromatic carbocycles. The van der Waals surface area contributed by atoms with Crippen molar-refractivity contribution >= 4 is 5.69 Å². The zero-order chi connectivity index (χ0) is 12.1. The van der Waals surface area contributed by atoms with Crippen LogP contribution in [0.1, 0.15) is 31.7 Å². The third-order valence-corrected chi connectivity index (χ3v) is 3.18. The summed E-state index contributed by atoms with van der Waals surface area (Å²) in [5.74, 6) is 0.774. The van der Waals surface area contributed by atoms with Crippen molar-refractivity contribution in [3.05, 3.63) is 23.8 Å². The van der Waals surface area contributed by atoms with E-state index in [9.17, 15) is 0 Å². The van der Waals surface area contributed by atoms with Gasteiger partial charge < -0.3 is 15.2 Å². The Labute approximate surface area is 103 Å². The van der Waals surface area contributed by atoms with Crippen LogP contribution in [0, 0.1) is 0 Å². The maximum absolute atomic E-state index is 5.95. The predicted molar refractivity (Wildman–Crippen MR) is 69.3 cm³/mol. The molecule has 2 rings (SSSR count). The van der Waals surface area contributed by atoms with Crippen LogP contribution in [0.25, 0.3) is 0 Å². The SMILES string of the molecule is CCc1ccc(OCC2CCCCO2)c(N)c1. The van der Waals surface area contributed by atoms with Gasteiger partial charge in [-0.05, 0) is 43.4 Å². The lowest BCUT2D eigenvalue weighted by molar-refractivity contribution is -0.0109. The molecule has 0 aromatic heterocycles. The number of aryl methyl sites for hydroxylation is 1. The minimum atomic E-state index is 0.231. The highest BCUT2D eigenvalue weighted by atomic mass is 16.5. The summed E-state index contributed by atoms with van der Waals surface area (Å²) in [6.07, 6.45) is 4.72. The number of benzene rings is 1. The predicted octanol–water partition coefficient (Wildman–Crippen LogP) is 2.78. The summed E-state index contributed by atoms with van der Waals surface area (Å²) in [4.78, 5) is 0. The Morgan fingerprint density at radius 3 is 2.94 bits per heavy atom. The number of rotatable bonds is 4. The molecule has 1 fully saturated rings. The zero-order valence-corrected chi connectivity index (χ0v) is 10.4. The van der Waals surface area contributed by atoms with Gasteiger partial charge in [-0.3, -0.25) is 0 Å². The van der Waals surface area contributed by atoms with Crippen LogP contribution in [-0.2, 0) is 11.2 Å². The Morgan fingerprint density at radius 1 is 1.41 bits per heavy atom. The van der Waals surface area contributed by atoms with E-state index in [0.29, 0.717) is 6.61 Å². The van der Waals surface area contributed by atoms with Gasteiger partial charge in [-0.25, -0.2) is 0 Å². The molecular weight excluding hydrogens is 214 g/mol. The molecule has 1 aliphatic heterocycles. The lowest BCUT2D eigenvalue weighted by Crippen LogP contribution is -2.25. The molecule has 1 heterocycles. The van der Waals surface area contributed by atoms with Crippen LogP contribution in [0.15, 0.2) is 18.2 Å². The summed E-state index contributed by atoms with van der Waals surface area (Å²) in [6.45, 7) is 3.58. The first kappa shape index (κ1) is 12.2. The smallest absolute Gasteiger partial charge is 0.142 e. The first-order valence-corrected chi connectivity index (χ1v) is 6.42. The molecule has 0 amide bonds. The minimum absolute atomic E-state index is 0.231. The second kappa shape index (κ2) is 5.92. The zero-order valence-electron chi connectivity index (χ0n) is 10.4. The van der Waals surface area contributed by atoms with E-state index >= 15 is 0 Å². The first-order valence-electron chi connectivity index (χ1n) is 6.42. The maximum atomic E-state index is 5.95. The highest BCUT2D eigenvalue weighted by Gasteiger charge is 2.14. The van der Waals surface area contributed by atoms with Gasteiger partial charge in [-0.15, -0.1) is 0 Å². The Morgan fingerprint density at radius 2 is 2.29 bits per heavy atom. The van der Waals surface area contributed by atoms with Crippen LogP contribution in [-0.4, -0.2) is 19.3 Å². The summed E-state index contributed by atoms with van der Waals surface area (Å²) in [5.41, 5.74) is 7.91. The van der Waals surface area contributed by atoms with Gasteiger partial charge in [0.2, 0.25) is 0 Å². The number of anilines is 1. The molecule has 1 aromatic rings. The van der Waals surface area contributed by atoms with Gasteiger partial charge in [0.05, 0.1) is 11.8 Å². The van der Waals surface area contributed by atoms with Gasteiger partial charge in [-0.1, -0.05) is 13.0 Å². The molecule has 1 saturated heterocycles. The largest absolute Gasteiger partial charge is 0.489 e. The Kier molecular flexibility index (Phi) is 4.26. The van der Waals surface area contributed by atoms with Gasteiger partial charge in [0, 0.05) is 6.61 Å². The third kappa shape index (κ3) is 3.37. The first-order chi connectivity index (χ1) is 8.29. The third-order valence-electron chi connectivity index (χ3n) is 3.18. The Bertz CT molecular complexity index is 359. The topological polar surface area (TPSA) is 44.5 Å². The van der Waals surface area contributed by atoms with Crippen LogP contribution in [0.5, 0.6) is 5.75 Å². The van der Waals surface area contributed by atoms with Crippen molar-refractivity contribution in [1.82, 2.24) is 0 Å². The highest BCUT2D eigenvalue weighted by molar-refractivity contribution is 5.54. The van der Waals surface area contributed by atoms with Gasteiger partial charge in [-0.2, -0.15) is 0 Å². The number of hydrogen-bond acceptors (Lipinski definition) is 3. The van der Waals surface area contributed by atoms with E-state index in [1.54, 1.807) is 0 Å². The fourth-order valence-corrected chi connectivity index (χ4v) is 2.07. The van der Waals surface area contributed by atoms with Crippen LogP contribution >= 0.6 is 0 Å². The Hall–Kier alpha value is -1.22. The molecule has 3 heteroatoms. The molecule has 17 heavy (non-hydrogen) atoms.